The molecule has 0 aliphatic carbocycles. The van der Waals surface area contributed by atoms with E-state index in [1.807, 2.05) is 13.0 Å². The third kappa shape index (κ3) is 5.99. The minimum absolute atomic E-state index is 0.188. The quantitative estimate of drug-likeness (QED) is 0.488. The maximum atomic E-state index is 13.5. The van der Waals surface area contributed by atoms with Gasteiger partial charge < -0.3 is 5.73 Å². The van der Waals surface area contributed by atoms with Crippen molar-refractivity contribution in [3.05, 3.63) is 47.4 Å². The third-order valence-electron chi connectivity index (χ3n) is 2.48. The molecule has 0 bridgehead atoms. The van der Waals surface area contributed by atoms with Gasteiger partial charge in [-0.2, -0.15) is 0 Å². The molecule has 0 radical (unpaired) electrons. The largest absolute Gasteiger partial charge is 0.382 e. The smallest absolute Gasteiger partial charge is 0.194 e. The topological polar surface area (TPSA) is 63.1 Å². The maximum Gasteiger partial charge on any atom is 0.194 e. The lowest BCUT2D eigenvalue weighted by Crippen LogP contribution is -2.15. The average molecular weight is 353 g/mol. The van der Waals surface area contributed by atoms with E-state index in [4.69, 9.17) is 5.73 Å². The number of rotatable bonds is 5. The number of hydrogen-bond donors (Lipinski definition) is 1. The fraction of sp³-hybridized carbons (Fsp3) is 0.267. The number of halogens is 2. The number of benzene rings is 1. The molecule has 0 aromatic heterocycles. The fourth-order valence-corrected chi connectivity index (χ4v) is 1.84. The molecule has 0 saturated heterocycles. The molecule has 0 fully saturated rings. The number of aliphatic imine (C=N–C) groups is 3. The zero-order valence-corrected chi connectivity index (χ0v) is 13.6. The van der Waals surface area contributed by atoms with E-state index in [0.29, 0.717) is 16.0 Å². The van der Waals surface area contributed by atoms with Gasteiger partial charge in [0.1, 0.15) is 11.5 Å². The zero-order valence-electron chi connectivity index (χ0n) is 12.1. The minimum atomic E-state index is -0.291. The van der Waals surface area contributed by atoms with Gasteiger partial charge in [0.15, 0.2) is 10.6 Å². The summed E-state index contributed by atoms with van der Waals surface area (Å²) in [5.74, 6) is -0.0280. The van der Waals surface area contributed by atoms with Gasteiger partial charge in [0, 0.05) is 11.8 Å². The molecule has 1 rings (SSSR count). The predicted octanol–water partition coefficient (Wildman–Crippen LogP) is 3.82. The normalized spacial score (nSPS) is 14.0. The molecule has 112 valence electrons. The van der Waals surface area contributed by atoms with Crippen molar-refractivity contribution in [1.82, 2.24) is 0 Å². The van der Waals surface area contributed by atoms with Crippen LogP contribution < -0.4 is 5.73 Å². The van der Waals surface area contributed by atoms with Crippen LogP contribution in [0.3, 0.4) is 0 Å². The standard InChI is InChI=1S/C15H18BrFN4/c1-3-7-13(19-4-2)14(18)21-15(16)20-10-11-8-5-6-9-12(11)17/h4-9H,3,10H2,1-2H3,(H2,18,20,21)/b13-7-,19-4?. The molecule has 0 unspecified atom stereocenters. The summed E-state index contributed by atoms with van der Waals surface area (Å²) in [5.41, 5.74) is 6.97. The highest BCUT2D eigenvalue weighted by Gasteiger charge is 2.02. The van der Waals surface area contributed by atoms with Crippen molar-refractivity contribution in [3.63, 3.8) is 0 Å². The number of hydrogen-bond acceptors (Lipinski definition) is 2. The Morgan fingerprint density at radius 1 is 1.38 bits per heavy atom. The van der Waals surface area contributed by atoms with Crippen LogP contribution in [0.5, 0.6) is 0 Å². The highest BCUT2D eigenvalue weighted by Crippen LogP contribution is 2.09. The van der Waals surface area contributed by atoms with Crippen LogP contribution in [0, 0.1) is 5.82 Å². The van der Waals surface area contributed by atoms with E-state index in [-0.39, 0.29) is 18.2 Å². The molecule has 21 heavy (non-hydrogen) atoms. The summed E-state index contributed by atoms with van der Waals surface area (Å²) in [5, 5.41) is 0. The first-order valence-corrected chi connectivity index (χ1v) is 7.34. The monoisotopic (exact) mass is 352 g/mol. The summed E-state index contributed by atoms with van der Waals surface area (Å²) >= 11 is 3.21. The maximum absolute atomic E-state index is 13.5. The lowest BCUT2D eigenvalue weighted by molar-refractivity contribution is 0.611. The predicted molar refractivity (Wildman–Crippen MR) is 90.6 cm³/mol. The molecule has 0 aliphatic heterocycles. The van der Waals surface area contributed by atoms with Crippen molar-refractivity contribution in [2.24, 2.45) is 20.7 Å². The van der Waals surface area contributed by atoms with Crippen LogP contribution in [0.2, 0.25) is 0 Å². The van der Waals surface area contributed by atoms with Crippen LogP contribution in [-0.2, 0) is 6.54 Å². The van der Waals surface area contributed by atoms with E-state index in [1.165, 1.54) is 6.07 Å². The Morgan fingerprint density at radius 2 is 2.10 bits per heavy atom. The summed E-state index contributed by atoms with van der Waals surface area (Å²) in [4.78, 5) is 12.4. The van der Waals surface area contributed by atoms with Gasteiger partial charge in [-0.25, -0.2) is 9.38 Å². The van der Waals surface area contributed by atoms with Gasteiger partial charge in [-0.1, -0.05) is 31.2 Å². The minimum Gasteiger partial charge on any atom is -0.382 e. The lowest BCUT2D eigenvalue weighted by atomic mass is 10.2. The molecule has 0 aliphatic rings. The fourth-order valence-electron chi connectivity index (χ4n) is 1.52. The van der Waals surface area contributed by atoms with Crippen LogP contribution in [0.1, 0.15) is 25.8 Å². The van der Waals surface area contributed by atoms with E-state index in [1.54, 1.807) is 31.3 Å². The van der Waals surface area contributed by atoms with Crippen LogP contribution >= 0.6 is 15.9 Å². The van der Waals surface area contributed by atoms with Crippen molar-refractivity contribution in [2.45, 2.75) is 26.8 Å². The van der Waals surface area contributed by atoms with Crippen molar-refractivity contribution in [2.75, 3.05) is 0 Å². The summed E-state index contributed by atoms with van der Waals surface area (Å²) < 4.78 is 13.8. The first kappa shape index (κ1) is 17.2. The second-order valence-electron chi connectivity index (χ2n) is 4.06. The van der Waals surface area contributed by atoms with E-state index < -0.39 is 0 Å². The first-order valence-electron chi connectivity index (χ1n) is 6.55. The highest BCUT2D eigenvalue weighted by atomic mass is 79.9. The summed E-state index contributed by atoms with van der Waals surface area (Å²) in [7, 11) is 0. The molecule has 6 heteroatoms. The van der Waals surface area contributed by atoms with Crippen LogP contribution in [0.4, 0.5) is 4.39 Å². The van der Waals surface area contributed by atoms with Gasteiger partial charge in [-0.15, -0.1) is 0 Å². The summed E-state index contributed by atoms with van der Waals surface area (Å²) in [6.45, 7) is 3.98. The van der Waals surface area contributed by atoms with Crippen LogP contribution in [-0.4, -0.2) is 16.8 Å². The Hall–Kier alpha value is -1.82. The van der Waals surface area contributed by atoms with Gasteiger partial charge in [-0.05, 0) is 35.3 Å². The van der Waals surface area contributed by atoms with Crippen molar-refractivity contribution < 1.29 is 4.39 Å². The molecule has 0 spiro atoms. The van der Waals surface area contributed by atoms with Crippen LogP contribution in [0.25, 0.3) is 0 Å². The molecule has 0 heterocycles. The molecule has 0 saturated carbocycles. The molecule has 0 amide bonds. The molecular formula is C15H18BrFN4. The highest BCUT2D eigenvalue weighted by molar-refractivity contribution is 9.18. The molecule has 1 aromatic carbocycles. The first-order chi connectivity index (χ1) is 10.1. The van der Waals surface area contributed by atoms with E-state index in [2.05, 4.69) is 30.9 Å². The van der Waals surface area contributed by atoms with E-state index >= 15 is 0 Å². The number of nitrogens with two attached hydrogens (primary N) is 1. The van der Waals surface area contributed by atoms with Crippen molar-refractivity contribution in [3.8, 4) is 0 Å². The Morgan fingerprint density at radius 3 is 2.71 bits per heavy atom. The van der Waals surface area contributed by atoms with Gasteiger partial charge in [0.2, 0.25) is 0 Å². The van der Waals surface area contributed by atoms with E-state index in [0.717, 1.165) is 6.42 Å². The average Bonchev–Trinajstić information content (AvgIpc) is 2.46. The van der Waals surface area contributed by atoms with Crippen molar-refractivity contribution >= 4 is 32.7 Å². The Labute approximate surface area is 132 Å². The van der Waals surface area contributed by atoms with E-state index in [9.17, 15) is 4.39 Å². The molecule has 1 aromatic rings. The SMILES string of the molecule is CC=NC(=C\CC)/C(N)=N/C(Br)=NCc1ccccc1F. The number of amidine groups is 2. The summed E-state index contributed by atoms with van der Waals surface area (Å²) in [6, 6.07) is 6.47. The third-order valence-corrected chi connectivity index (χ3v) is 2.91. The van der Waals surface area contributed by atoms with Crippen LogP contribution in [0.15, 0.2) is 51.0 Å². The lowest BCUT2D eigenvalue weighted by Gasteiger charge is -2.01. The number of allylic oxidation sites excluding steroid dienone is 1. The second kappa shape index (κ2) is 9.18. The second-order valence-corrected chi connectivity index (χ2v) is 4.77. The molecule has 4 nitrogen and oxygen atoms in total. The molecular weight excluding hydrogens is 335 g/mol. The molecule has 2 N–H and O–H groups in total. The van der Waals surface area contributed by atoms with Crippen molar-refractivity contribution in [1.29, 1.82) is 0 Å². The van der Waals surface area contributed by atoms with Gasteiger partial charge in [0.25, 0.3) is 0 Å². The Balaban J connectivity index is 2.85. The van der Waals surface area contributed by atoms with Gasteiger partial charge in [-0.3, -0.25) is 9.98 Å². The Bertz CT molecular complexity index is 591. The number of nitrogens with zero attached hydrogens (tertiary/aromatic N) is 3. The Kier molecular flexibility index (Phi) is 7.53. The van der Waals surface area contributed by atoms with Gasteiger partial charge in [0.05, 0.1) is 6.54 Å². The summed E-state index contributed by atoms with van der Waals surface area (Å²) in [6.07, 6.45) is 4.32. The molecule has 0 atom stereocenters. The van der Waals surface area contributed by atoms with Gasteiger partial charge >= 0.3 is 0 Å². The zero-order chi connectivity index (χ0) is 15.7.